The van der Waals surface area contributed by atoms with Crippen molar-refractivity contribution >= 4 is 17.7 Å². The average molecular weight is 306 g/mol. The standard InChI is InChI=1S/C17H26N2OS/c1-5-21-10-9-13(3)19-16(18-14(4)17(19)20)15-8-6-7-12(2)11-15/h6-8,11,13-14,16,18H,5,9-10H2,1-4H3. The van der Waals surface area contributed by atoms with Crippen LogP contribution in [0.3, 0.4) is 0 Å². The van der Waals surface area contributed by atoms with E-state index in [4.69, 9.17) is 0 Å². The average Bonchev–Trinajstić information content (AvgIpc) is 2.75. The van der Waals surface area contributed by atoms with Gasteiger partial charge in [-0.15, -0.1) is 0 Å². The summed E-state index contributed by atoms with van der Waals surface area (Å²) in [5.74, 6) is 2.46. The summed E-state index contributed by atoms with van der Waals surface area (Å²) in [6.07, 6.45) is 1.05. The van der Waals surface area contributed by atoms with E-state index in [1.54, 1.807) is 0 Å². The van der Waals surface area contributed by atoms with Crippen LogP contribution >= 0.6 is 11.8 Å². The molecule has 4 heteroatoms. The molecule has 1 saturated heterocycles. The van der Waals surface area contributed by atoms with Gasteiger partial charge in [-0.2, -0.15) is 11.8 Å². The zero-order chi connectivity index (χ0) is 15.4. The van der Waals surface area contributed by atoms with E-state index in [-0.39, 0.29) is 24.2 Å². The van der Waals surface area contributed by atoms with Gasteiger partial charge in [0.1, 0.15) is 6.17 Å². The SMILES string of the molecule is CCSCCC(C)N1C(=O)C(C)NC1c1cccc(C)c1. The number of rotatable bonds is 6. The van der Waals surface area contributed by atoms with Crippen LogP contribution in [0.4, 0.5) is 0 Å². The highest BCUT2D eigenvalue weighted by molar-refractivity contribution is 7.99. The molecule has 1 N–H and O–H groups in total. The van der Waals surface area contributed by atoms with E-state index in [1.807, 2.05) is 23.6 Å². The molecule has 1 heterocycles. The van der Waals surface area contributed by atoms with Gasteiger partial charge < -0.3 is 4.90 Å². The molecule has 0 radical (unpaired) electrons. The summed E-state index contributed by atoms with van der Waals surface area (Å²) in [7, 11) is 0. The molecular formula is C17H26N2OS. The molecule has 0 aromatic heterocycles. The minimum Gasteiger partial charge on any atom is -0.319 e. The van der Waals surface area contributed by atoms with E-state index in [0.717, 1.165) is 17.9 Å². The third-order valence-electron chi connectivity index (χ3n) is 4.03. The molecule has 1 aromatic rings. The highest BCUT2D eigenvalue weighted by Crippen LogP contribution is 2.29. The van der Waals surface area contributed by atoms with Crippen LogP contribution in [-0.4, -0.2) is 34.4 Å². The summed E-state index contributed by atoms with van der Waals surface area (Å²) in [4.78, 5) is 14.5. The molecule has 0 spiro atoms. The first kappa shape index (κ1) is 16.4. The number of carbonyl (C=O) groups excluding carboxylic acids is 1. The monoisotopic (exact) mass is 306 g/mol. The number of hydrogen-bond acceptors (Lipinski definition) is 3. The van der Waals surface area contributed by atoms with Crippen LogP contribution in [-0.2, 0) is 4.79 Å². The molecule has 1 fully saturated rings. The molecule has 1 aliphatic heterocycles. The first-order valence-electron chi connectivity index (χ1n) is 7.77. The molecule has 116 valence electrons. The summed E-state index contributed by atoms with van der Waals surface area (Å²) in [5.41, 5.74) is 2.41. The van der Waals surface area contributed by atoms with Crippen molar-refractivity contribution in [2.75, 3.05) is 11.5 Å². The van der Waals surface area contributed by atoms with Crippen LogP contribution in [0.1, 0.15) is 44.5 Å². The topological polar surface area (TPSA) is 32.3 Å². The second kappa shape index (κ2) is 7.32. The lowest BCUT2D eigenvalue weighted by molar-refractivity contribution is -0.131. The fourth-order valence-corrected chi connectivity index (χ4v) is 3.64. The fourth-order valence-electron chi connectivity index (χ4n) is 2.85. The molecule has 1 aromatic carbocycles. The Morgan fingerprint density at radius 2 is 2.19 bits per heavy atom. The van der Waals surface area contributed by atoms with Crippen LogP contribution in [0, 0.1) is 6.92 Å². The smallest absolute Gasteiger partial charge is 0.241 e. The highest BCUT2D eigenvalue weighted by Gasteiger charge is 2.39. The molecule has 3 atom stereocenters. The maximum atomic E-state index is 12.5. The van der Waals surface area contributed by atoms with Crippen molar-refractivity contribution in [1.29, 1.82) is 0 Å². The van der Waals surface area contributed by atoms with Gasteiger partial charge in [0, 0.05) is 6.04 Å². The van der Waals surface area contributed by atoms with E-state index in [9.17, 15) is 4.79 Å². The third kappa shape index (κ3) is 3.80. The maximum absolute atomic E-state index is 12.5. The van der Waals surface area contributed by atoms with Crippen molar-refractivity contribution in [2.24, 2.45) is 0 Å². The Kier molecular flexibility index (Phi) is 5.71. The minimum absolute atomic E-state index is 0.00836. The number of hydrogen-bond donors (Lipinski definition) is 1. The molecule has 2 rings (SSSR count). The van der Waals surface area contributed by atoms with Crippen molar-refractivity contribution in [1.82, 2.24) is 10.2 Å². The van der Waals surface area contributed by atoms with Crippen LogP contribution in [0.5, 0.6) is 0 Å². The first-order chi connectivity index (χ1) is 10.0. The van der Waals surface area contributed by atoms with Gasteiger partial charge in [-0.3, -0.25) is 10.1 Å². The molecule has 3 nitrogen and oxygen atoms in total. The Morgan fingerprint density at radius 3 is 2.86 bits per heavy atom. The van der Waals surface area contributed by atoms with Crippen LogP contribution in [0.2, 0.25) is 0 Å². The zero-order valence-corrected chi connectivity index (χ0v) is 14.2. The molecule has 0 bridgehead atoms. The van der Waals surface area contributed by atoms with Crippen molar-refractivity contribution in [2.45, 2.75) is 52.4 Å². The third-order valence-corrected chi connectivity index (χ3v) is 4.96. The lowest BCUT2D eigenvalue weighted by atomic mass is 10.1. The molecule has 21 heavy (non-hydrogen) atoms. The molecule has 0 aliphatic carbocycles. The summed E-state index contributed by atoms with van der Waals surface area (Å²) < 4.78 is 0. The van der Waals surface area contributed by atoms with E-state index < -0.39 is 0 Å². The second-order valence-corrected chi connectivity index (χ2v) is 7.18. The number of thioether (sulfide) groups is 1. The van der Waals surface area contributed by atoms with Gasteiger partial charge in [-0.05, 0) is 44.3 Å². The number of carbonyl (C=O) groups is 1. The lowest BCUT2D eigenvalue weighted by Gasteiger charge is -2.31. The number of nitrogens with one attached hydrogen (secondary N) is 1. The molecule has 0 saturated carbocycles. The Labute approximate surface area is 132 Å². The van der Waals surface area contributed by atoms with Crippen LogP contribution < -0.4 is 5.32 Å². The number of aryl methyl sites for hydroxylation is 1. The van der Waals surface area contributed by atoms with E-state index >= 15 is 0 Å². The Bertz CT molecular complexity index is 491. The molecular weight excluding hydrogens is 280 g/mol. The summed E-state index contributed by atoms with van der Waals surface area (Å²) >= 11 is 1.94. The van der Waals surface area contributed by atoms with Crippen molar-refractivity contribution in [3.05, 3.63) is 35.4 Å². The van der Waals surface area contributed by atoms with Gasteiger partial charge in [0.05, 0.1) is 6.04 Å². The fraction of sp³-hybridized carbons (Fsp3) is 0.588. The van der Waals surface area contributed by atoms with Crippen LogP contribution in [0.25, 0.3) is 0 Å². The van der Waals surface area contributed by atoms with Crippen molar-refractivity contribution in [3.8, 4) is 0 Å². The van der Waals surface area contributed by atoms with Gasteiger partial charge in [0.25, 0.3) is 0 Å². The lowest BCUT2D eigenvalue weighted by Crippen LogP contribution is -2.38. The van der Waals surface area contributed by atoms with Gasteiger partial charge in [0.2, 0.25) is 5.91 Å². The Balaban J connectivity index is 2.16. The minimum atomic E-state index is -0.100. The number of benzene rings is 1. The summed E-state index contributed by atoms with van der Waals surface area (Å²) in [6.45, 7) is 8.39. The maximum Gasteiger partial charge on any atom is 0.241 e. The van der Waals surface area contributed by atoms with Gasteiger partial charge >= 0.3 is 0 Å². The molecule has 3 unspecified atom stereocenters. The second-order valence-electron chi connectivity index (χ2n) is 5.79. The predicted octanol–water partition coefficient (Wildman–Crippen LogP) is 3.35. The van der Waals surface area contributed by atoms with Gasteiger partial charge in [-0.25, -0.2) is 0 Å². The Hall–Kier alpha value is -1.00. The van der Waals surface area contributed by atoms with Gasteiger partial charge in [-0.1, -0.05) is 36.8 Å². The summed E-state index contributed by atoms with van der Waals surface area (Å²) in [5, 5.41) is 3.44. The van der Waals surface area contributed by atoms with E-state index in [0.29, 0.717) is 0 Å². The normalized spacial score (nSPS) is 23.6. The van der Waals surface area contributed by atoms with E-state index in [2.05, 4.69) is 50.4 Å². The number of nitrogens with zero attached hydrogens (tertiary/aromatic N) is 1. The van der Waals surface area contributed by atoms with E-state index in [1.165, 1.54) is 11.1 Å². The Morgan fingerprint density at radius 1 is 1.43 bits per heavy atom. The predicted molar refractivity (Wildman–Crippen MR) is 90.4 cm³/mol. The van der Waals surface area contributed by atoms with Crippen molar-refractivity contribution < 1.29 is 4.79 Å². The first-order valence-corrected chi connectivity index (χ1v) is 8.92. The highest BCUT2D eigenvalue weighted by atomic mass is 32.2. The van der Waals surface area contributed by atoms with Crippen molar-refractivity contribution in [3.63, 3.8) is 0 Å². The van der Waals surface area contributed by atoms with Gasteiger partial charge in [0.15, 0.2) is 0 Å². The quantitative estimate of drug-likeness (QED) is 0.818. The zero-order valence-electron chi connectivity index (χ0n) is 13.4. The number of amides is 1. The van der Waals surface area contributed by atoms with Crippen LogP contribution in [0.15, 0.2) is 24.3 Å². The molecule has 1 amide bonds. The summed E-state index contributed by atoms with van der Waals surface area (Å²) in [6, 6.07) is 8.60. The molecule has 1 aliphatic rings. The largest absolute Gasteiger partial charge is 0.319 e.